The number of benzene rings is 1. The average molecular weight is 249 g/mol. The van der Waals surface area contributed by atoms with E-state index in [0.717, 1.165) is 13.1 Å². The first kappa shape index (κ1) is 12.7. The Morgan fingerprint density at radius 2 is 1.94 bits per heavy atom. The van der Waals surface area contributed by atoms with E-state index in [1.54, 1.807) is 23.1 Å². The van der Waals surface area contributed by atoms with Crippen LogP contribution in [0.5, 0.6) is 11.5 Å². The molecule has 0 aliphatic carbocycles. The predicted octanol–water partition coefficient (Wildman–Crippen LogP) is 2.13. The summed E-state index contributed by atoms with van der Waals surface area (Å²) in [5.74, 6) is 1.14. The smallest absolute Gasteiger partial charge is 0.257 e. The SMILES string of the molecule is COc1cccc(C(=O)N2CC(C)C(C)C2)c1O. The lowest BCUT2D eigenvalue weighted by molar-refractivity contribution is 0.0781. The first-order valence-corrected chi connectivity index (χ1v) is 6.19. The predicted molar refractivity (Wildman–Crippen MR) is 68.9 cm³/mol. The highest BCUT2D eigenvalue weighted by Crippen LogP contribution is 2.32. The van der Waals surface area contributed by atoms with Crippen molar-refractivity contribution in [2.75, 3.05) is 20.2 Å². The molecule has 1 aliphatic heterocycles. The number of carbonyl (C=O) groups is 1. The molecule has 4 heteroatoms. The lowest BCUT2D eigenvalue weighted by Crippen LogP contribution is -2.28. The number of carbonyl (C=O) groups excluding carboxylic acids is 1. The third-order valence-electron chi connectivity index (χ3n) is 3.72. The van der Waals surface area contributed by atoms with Crippen molar-refractivity contribution in [1.29, 1.82) is 0 Å². The van der Waals surface area contributed by atoms with Gasteiger partial charge in [0.25, 0.3) is 5.91 Å². The molecule has 1 amide bonds. The Labute approximate surface area is 107 Å². The summed E-state index contributed by atoms with van der Waals surface area (Å²) in [4.78, 5) is 14.1. The van der Waals surface area contributed by atoms with Gasteiger partial charge in [0.2, 0.25) is 0 Å². The number of amides is 1. The molecule has 4 nitrogen and oxygen atoms in total. The van der Waals surface area contributed by atoms with Gasteiger partial charge in [-0.05, 0) is 24.0 Å². The molecule has 2 atom stereocenters. The number of hydrogen-bond acceptors (Lipinski definition) is 3. The van der Waals surface area contributed by atoms with E-state index in [9.17, 15) is 9.90 Å². The minimum absolute atomic E-state index is 0.0720. The summed E-state index contributed by atoms with van der Waals surface area (Å²) in [7, 11) is 1.48. The Bertz CT molecular complexity index is 448. The Morgan fingerprint density at radius 3 is 2.50 bits per heavy atom. The van der Waals surface area contributed by atoms with E-state index in [2.05, 4.69) is 13.8 Å². The molecule has 1 heterocycles. The minimum atomic E-state index is -0.123. The van der Waals surface area contributed by atoms with Gasteiger partial charge in [0.05, 0.1) is 12.7 Å². The summed E-state index contributed by atoms with van der Waals surface area (Å²) in [5, 5.41) is 9.98. The molecule has 0 aromatic heterocycles. The van der Waals surface area contributed by atoms with E-state index in [1.165, 1.54) is 7.11 Å². The second kappa shape index (κ2) is 4.88. The molecule has 1 aromatic rings. The lowest BCUT2D eigenvalue weighted by Gasteiger charge is -2.17. The van der Waals surface area contributed by atoms with Crippen LogP contribution in [0.1, 0.15) is 24.2 Å². The van der Waals surface area contributed by atoms with Crippen molar-refractivity contribution in [3.63, 3.8) is 0 Å². The third-order valence-corrected chi connectivity index (χ3v) is 3.72. The summed E-state index contributed by atoms with van der Waals surface area (Å²) in [6, 6.07) is 4.99. The Kier molecular flexibility index (Phi) is 3.45. The summed E-state index contributed by atoms with van der Waals surface area (Å²) in [6.45, 7) is 5.78. The lowest BCUT2D eigenvalue weighted by atomic mass is 10.0. The summed E-state index contributed by atoms with van der Waals surface area (Å²) >= 11 is 0. The van der Waals surface area contributed by atoms with Crippen LogP contribution < -0.4 is 4.74 Å². The number of rotatable bonds is 2. The molecule has 0 spiro atoms. The van der Waals surface area contributed by atoms with Crippen molar-refractivity contribution < 1.29 is 14.6 Å². The second-order valence-corrected chi connectivity index (χ2v) is 5.02. The zero-order valence-corrected chi connectivity index (χ0v) is 11.0. The Morgan fingerprint density at radius 1 is 1.33 bits per heavy atom. The number of hydrogen-bond donors (Lipinski definition) is 1. The van der Waals surface area contributed by atoms with Crippen LogP contribution in [0.25, 0.3) is 0 Å². The number of aromatic hydroxyl groups is 1. The molecule has 98 valence electrons. The van der Waals surface area contributed by atoms with Crippen LogP contribution in [0.15, 0.2) is 18.2 Å². The van der Waals surface area contributed by atoms with Crippen LogP contribution >= 0.6 is 0 Å². The van der Waals surface area contributed by atoms with Crippen LogP contribution in [-0.4, -0.2) is 36.1 Å². The fourth-order valence-electron chi connectivity index (χ4n) is 2.33. The van der Waals surface area contributed by atoms with Gasteiger partial charge in [-0.25, -0.2) is 0 Å². The van der Waals surface area contributed by atoms with Crippen molar-refractivity contribution >= 4 is 5.91 Å². The van der Waals surface area contributed by atoms with Crippen LogP contribution in [0, 0.1) is 11.8 Å². The molecule has 1 N–H and O–H groups in total. The quantitative estimate of drug-likeness (QED) is 0.873. The topological polar surface area (TPSA) is 49.8 Å². The van der Waals surface area contributed by atoms with Crippen LogP contribution in [0.3, 0.4) is 0 Å². The van der Waals surface area contributed by atoms with Gasteiger partial charge in [-0.15, -0.1) is 0 Å². The van der Waals surface area contributed by atoms with E-state index in [1.807, 2.05) is 0 Å². The van der Waals surface area contributed by atoms with Gasteiger partial charge in [-0.2, -0.15) is 0 Å². The van der Waals surface area contributed by atoms with E-state index in [4.69, 9.17) is 4.74 Å². The molecule has 1 aromatic carbocycles. The molecule has 1 saturated heterocycles. The molecule has 0 bridgehead atoms. The number of ether oxygens (including phenoxy) is 1. The van der Waals surface area contributed by atoms with Crippen molar-refractivity contribution in [2.45, 2.75) is 13.8 Å². The van der Waals surface area contributed by atoms with Crippen molar-refractivity contribution in [2.24, 2.45) is 11.8 Å². The fraction of sp³-hybridized carbons (Fsp3) is 0.500. The molecule has 1 aliphatic rings. The molecule has 0 saturated carbocycles. The number of phenolic OH excluding ortho intramolecular Hbond substituents is 1. The first-order chi connectivity index (χ1) is 8.54. The largest absolute Gasteiger partial charge is 0.504 e. The van der Waals surface area contributed by atoms with Gasteiger partial charge in [0.1, 0.15) is 0 Å². The molecule has 2 rings (SSSR count). The third kappa shape index (κ3) is 2.15. The number of likely N-dealkylation sites (tertiary alicyclic amines) is 1. The zero-order valence-electron chi connectivity index (χ0n) is 11.0. The van der Waals surface area contributed by atoms with E-state index >= 15 is 0 Å². The van der Waals surface area contributed by atoms with Crippen LogP contribution in [0.4, 0.5) is 0 Å². The van der Waals surface area contributed by atoms with Gasteiger partial charge in [-0.1, -0.05) is 19.9 Å². The molecular formula is C14H19NO3. The van der Waals surface area contributed by atoms with Gasteiger partial charge in [0, 0.05) is 13.1 Å². The Hall–Kier alpha value is -1.71. The summed E-state index contributed by atoms with van der Waals surface area (Å²) < 4.78 is 5.02. The molecular weight excluding hydrogens is 230 g/mol. The van der Waals surface area contributed by atoms with Gasteiger partial charge >= 0.3 is 0 Å². The maximum Gasteiger partial charge on any atom is 0.257 e. The number of para-hydroxylation sites is 1. The van der Waals surface area contributed by atoms with Crippen LogP contribution in [-0.2, 0) is 0 Å². The zero-order chi connectivity index (χ0) is 13.3. The molecule has 2 unspecified atom stereocenters. The molecule has 0 radical (unpaired) electrons. The number of phenols is 1. The van der Waals surface area contributed by atoms with Gasteiger partial charge < -0.3 is 14.7 Å². The highest BCUT2D eigenvalue weighted by molar-refractivity contribution is 5.97. The van der Waals surface area contributed by atoms with E-state index in [-0.39, 0.29) is 11.7 Å². The van der Waals surface area contributed by atoms with Crippen molar-refractivity contribution in [3.05, 3.63) is 23.8 Å². The maximum atomic E-state index is 12.3. The fourth-order valence-corrected chi connectivity index (χ4v) is 2.33. The molecule has 18 heavy (non-hydrogen) atoms. The van der Waals surface area contributed by atoms with Gasteiger partial charge in [-0.3, -0.25) is 4.79 Å². The molecule has 1 fully saturated rings. The first-order valence-electron chi connectivity index (χ1n) is 6.19. The number of methoxy groups -OCH3 is 1. The highest BCUT2D eigenvalue weighted by Gasteiger charge is 2.31. The number of nitrogens with zero attached hydrogens (tertiary/aromatic N) is 1. The monoisotopic (exact) mass is 249 g/mol. The normalized spacial score (nSPS) is 23.2. The average Bonchev–Trinajstić information content (AvgIpc) is 2.69. The van der Waals surface area contributed by atoms with Crippen LogP contribution in [0.2, 0.25) is 0 Å². The van der Waals surface area contributed by atoms with Gasteiger partial charge in [0.15, 0.2) is 11.5 Å². The summed E-state index contributed by atoms with van der Waals surface area (Å²) in [6.07, 6.45) is 0. The Balaban J connectivity index is 2.24. The highest BCUT2D eigenvalue weighted by atomic mass is 16.5. The summed E-state index contributed by atoms with van der Waals surface area (Å²) in [5.41, 5.74) is 0.315. The van der Waals surface area contributed by atoms with Crippen molar-refractivity contribution in [1.82, 2.24) is 4.90 Å². The second-order valence-electron chi connectivity index (χ2n) is 5.02. The van der Waals surface area contributed by atoms with E-state index < -0.39 is 0 Å². The maximum absolute atomic E-state index is 12.3. The van der Waals surface area contributed by atoms with Crippen molar-refractivity contribution in [3.8, 4) is 11.5 Å². The van der Waals surface area contributed by atoms with E-state index in [0.29, 0.717) is 23.1 Å². The minimum Gasteiger partial charge on any atom is -0.504 e. The standard InChI is InChI=1S/C14H19NO3/c1-9-7-15(8-10(9)2)14(17)11-5-4-6-12(18-3)13(11)16/h4-6,9-10,16H,7-8H2,1-3H3.